The normalized spacial score (nSPS) is 15.7. The van der Waals surface area contributed by atoms with Gasteiger partial charge in [0.25, 0.3) is 5.78 Å². The predicted molar refractivity (Wildman–Crippen MR) is 177 cm³/mol. The number of anilines is 1. The van der Waals surface area contributed by atoms with Crippen molar-refractivity contribution in [3.05, 3.63) is 69.7 Å². The van der Waals surface area contributed by atoms with Gasteiger partial charge in [0.1, 0.15) is 16.4 Å². The second kappa shape index (κ2) is 16.3. The van der Waals surface area contributed by atoms with Gasteiger partial charge in [0.2, 0.25) is 0 Å². The van der Waals surface area contributed by atoms with Crippen LogP contribution in [0.2, 0.25) is 0 Å². The maximum Gasteiger partial charge on any atom is 0.350 e. The Hall–Kier alpha value is -4.38. The lowest BCUT2D eigenvalue weighted by Gasteiger charge is -2.24. The van der Waals surface area contributed by atoms with Gasteiger partial charge in [0, 0.05) is 5.56 Å². The SMILES string of the molecule is CCCCCOc1ccc(C2/C(=C(\O)c3ccc(OCCCC)cc3)C(=O)C(=O)N2c2nc(C)c(C(=O)OCC)s2)cc1OCC. The lowest BCUT2D eigenvalue weighted by Crippen LogP contribution is -2.29. The van der Waals surface area contributed by atoms with Gasteiger partial charge in [0.05, 0.1) is 43.7 Å². The minimum Gasteiger partial charge on any atom is -0.507 e. The van der Waals surface area contributed by atoms with E-state index in [0.717, 1.165) is 43.4 Å². The highest BCUT2D eigenvalue weighted by Gasteiger charge is 2.48. The molecule has 1 fully saturated rings. The number of Topliss-reactive ketones (excluding diaryl/α,β-unsaturated/α-hetero) is 1. The molecular formula is C35H42N2O8S. The number of ketones is 1. The van der Waals surface area contributed by atoms with Crippen molar-refractivity contribution < 1.29 is 38.4 Å². The summed E-state index contributed by atoms with van der Waals surface area (Å²) >= 11 is 0.954. The summed E-state index contributed by atoms with van der Waals surface area (Å²) in [6.07, 6.45) is 4.88. The molecule has 3 aromatic rings. The van der Waals surface area contributed by atoms with Gasteiger partial charge in [-0.2, -0.15) is 0 Å². The van der Waals surface area contributed by atoms with Crippen LogP contribution in [0.25, 0.3) is 5.76 Å². The number of hydrogen-bond donors (Lipinski definition) is 1. The molecule has 1 aliphatic heterocycles. The lowest BCUT2D eigenvalue weighted by atomic mass is 9.95. The molecule has 0 saturated carbocycles. The van der Waals surface area contributed by atoms with E-state index in [1.54, 1.807) is 56.3 Å². The molecule has 4 rings (SSSR count). The first-order valence-electron chi connectivity index (χ1n) is 15.8. The van der Waals surface area contributed by atoms with E-state index in [-0.39, 0.29) is 27.9 Å². The van der Waals surface area contributed by atoms with Crippen LogP contribution in [0.15, 0.2) is 48.0 Å². The molecule has 0 spiro atoms. The summed E-state index contributed by atoms with van der Waals surface area (Å²) in [6, 6.07) is 10.8. The maximum atomic E-state index is 13.7. The fourth-order valence-corrected chi connectivity index (χ4v) is 6.02. The molecule has 46 heavy (non-hydrogen) atoms. The van der Waals surface area contributed by atoms with Crippen LogP contribution in [0.5, 0.6) is 17.2 Å². The third-order valence-corrected chi connectivity index (χ3v) is 8.52. The van der Waals surface area contributed by atoms with Crippen molar-refractivity contribution in [2.24, 2.45) is 0 Å². The van der Waals surface area contributed by atoms with Crippen molar-refractivity contribution in [3.8, 4) is 17.2 Å². The van der Waals surface area contributed by atoms with Crippen LogP contribution < -0.4 is 19.1 Å². The van der Waals surface area contributed by atoms with Crippen molar-refractivity contribution in [1.82, 2.24) is 4.98 Å². The third kappa shape index (κ3) is 7.70. The monoisotopic (exact) mass is 650 g/mol. The minimum absolute atomic E-state index is 0.116. The number of benzene rings is 2. The molecule has 11 heteroatoms. The zero-order valence-corrected chi connectivity index (χ0v) is 27.9. The number of carbonyl (C=O) groups is 3. The molecule has 1 saturated heterocycles. The highest BCUT2D eigenvalue weighted by molar-refractivity contribution is 7.17. The molecule has 1 amide bonds. The maximum absolute atomic E-state index is 13.7. The number of aromatic nitrogens is 1. The Morgan fingerprint density at radius 2 is 1.61 bits per heavy atom. The van der Waals surface area contributed by atoms with Crippen LogP contribution in [0, 0.1) is 6.92 Å². The Kier molecular flexibility index (Phi) is 12.2. The van der Waals surface area contributed by atoms with Crippen LogP contribution in [0.1, 0.15) is 92.3 Å². The Morgan fingerprint density at radius 1 is 0.891 bits per heavy atom. The average Bonchev–Trinajstić information content (AvgIpc) is 3.56. The zero-order valence-electron chi connectivity index (χ0n) is 27.1. The van der Waals surface area contributed by atoms with Crippen molar-refractivity contribution in [2.45, 2.75) is 72.8 Å². The van der Waals surface area contributed by atoms with E-state index in [9.17, 15) is 19.5 Å². The van der Waals surface area contributed by atoms with Gasteiger partial charge in [-0.05, 0) is 75.6 Å². The van der Waals surface area contributed by atoms with Crippen molar-refractivity contribution in [3.63, 3.8) is 0 Å². The topological polar surface area (TPSA) is 124 Å². The molecule has 1 N–H and O–H groups in total. The number of thiazole rings is 1. The fraction of sp³-hybridized carbons (Fsp3) is 0.429. The van der Waals surface area contributed by atoms with Crippen LogP contribution in [0.3, 0.4) is 0 Å². The number of hydrogen-bond acceptors (Lipinski definition) is 10. The molecule has 246 valence electrons. The van der Waals surface area contributed by atoms with Crippen molar-refractivity contribution in [1.29, 1.82) is 0 Å². The second-order valence-electron chi connectivity index (χ2n) is 10.7. The van der Waals surface area contributed by atoms with Crippen LogP contribution >= 0.6 is 11.3 Å². The Balaban J connectivity index is 1.83. The Morgan fingerprint density at radius 3 is 2.28 bits per heavy atom. The smallest absolute Gasteiger partial charge is 0.350 e. The molecule has 0 radical (unpaired) electrons. The first-order valence-corrected chi connectivity index (χ1v) is 16.6. The molecule has 1 atom stereocenters. The van der Waals surface area contributed by atoms with Gasteiger partial charge in [-0.3, -0.25) is 14.5 Å². The molecule has 10 nitrogen and oxygen atoms in total. The molecule has 1 aromatic heterocycles. The molecule has 0 bridgehead atoms. The number of aryl methyl sites for hydroxylation is 1. The van der Waals surface area contributed by atoms with E-state index in [1.807, 2.05) is 6.92 Å². The summed E-state index contributed by atoms with van der Waals surface area (Å²) < 4.78 is 22.9. The molecule has 0 aliphatic carbocycles. The Bertz CT molecular complexity index is 1560. The predicted octanol–water partition coefficient (Wildman–Crippen LogP) is 7.40. The first-order chi connectivity index (χ1) is 22.2. The van der Waals surface area contributed by atoms with E-state index in [1.165, 1.54) is 4.90 Å². The second-order valence-corrected chi connectivity index (χ2v) is 11.7. The van der Waals surface area contributed by atoms with Crippen molar-refractivity contribution in [2.75, 3.05) is 31.3 Å². The number of unbranched alkanes of at least 4 members (excludes halogenated alkanes) is 3. The average molecular weight is 651 g/mol. The number of aliphatic hydroxyl groups is 1. The van der Waals surface area contributed by atoms with E-state index in [0.29, 0.717) is 53.9 Å². The number of carbonyl (C=O) groups excluding carboxylic acids is 3. The largest absolute Gasteiger partial charge is 0.507 e. The molecule has 2 aromatic carbocycles. The van der Waals surface area contributed by atoms with Crippen molar-refractivity contribution >= 4 is 39.9 Å². The Labute approximate surface area is 274 Å². The van der Waals surface area contributed by atoms with E-state index in [4.69, 9.17) is 18.9 Å². The summed E-state index contributed by atoms with van der Waals surface area (Å²) in [5.74, 6) is -1.07. The standard InChI is InChI=1S/C35H42N2O8S/c1-6-10-12-20-45-26-18-15-24(21-27(26)42-8-3)29-28(30(38)23-13-16-25(17-14-23)44-19-11-7-2)31(39)33(40)37(29)35-36-22(5)32(46-35)34(41)43-9-4/h13-18,21,29,38H,6-12,19-20H2,1-5H3/b30-28+. The number of nitrogens with zero attached hydrogens (tertiary/aromatic N) is 2. The van der Waals surface area contributed by atoms with E-state index in [2.05, 4.69) is 18.8 Å². The van der Waals surface area contributed by atoms with Crippen LogP contribution in [-0.4, -0.2) is 54.2 Å². The van der Waals surface area contributed by atoms with Gasteiger partial charge in [-0.15, -0.1) is 0 Å². The van der Waals surface area contributed by atoms with Gasteiger partial charge < -0.3 is 24.1 Å². The molecule has 1 unspecified atom stereocenters. The number of rotatable bonds is 16. The van der Waals surface area contributed by atoms with Gasteiger partial charge in [0.15, 0.2) is 16.6 Å². The number of esters is 1. The lowest BCUT2D eigenvalue weighted by molar-refractivity contribution is -0.132. The summed E-state index contributed by atoms with van der Waals surface area (Å²) in [4.78, 5) is 46.0. The minimum atomic E-state index is -1.07. The number of aliphatic hydroxyl groups excluding tert-OH is 1. The zero-order chi connectivity index (χ0) is 33.2. The number of amides is 1. The number of ether oxygens (including phenoxy) is 4. The van der Waals surface area contributed by atoms with E-state index < -0.39 is 23.7 Å². The summed E-state index contributed by atoms with van der Waals surface area (Å²) in [5, 5.41) is 11.7. The summed E-state index contributed by atoms with van der Waals surface area (Å²) in [7, 11) is 0. The molecular weight excluding hydrogens is 608 g/mol. The van der Waals surface area contributed by atoms with Gasteiger partial charge >= 0.3 is 11.9 Å². The van der Waals surface area contributed by atoms with Crippen LogP contribution in [0.4, 0.5) is 5.13 Å². The third-order valence-electron chi connectivity index (χ3n) is 7.38. The van der Waals surface area contributed by atoms with Gasteiger partial charge in [-0.25, -0.2) is 9.78 Å². The summed E-state index contributed by atoms with van der Waals surface area (Å²) in [6.45, 7) is 11.0. The van der Waals surface area contributed by atoms with Gasteiger partial charge in [-0.1, -0.05) is 50.5 Å². The first kappa shape index (κ1) is 34.5. The highest BCUT2D eigenvalue weighted by Crippen LogP contribution is 2.45. The quantitative estimate of drug-likeness (QED) is 0.0555. The molecule has 2 heterocycles. The summed E-state index contributed by atoms with van der Waals surface area (Å²) in [5.41, 5.74) is 1.09. The fourth-order valence-electron chi connectivity index (χ4n) is 5.03. The van der Waals surface area contributed by atoms with E-state index >= 15 is 0 Å². The molecule has 1 aliphatic rings. The van der Waals surface area contributed by atoms with Crippen LogP contribution in [-0.2, 0) is 14.3 Å². The highest BCUT2D eigenvalue weighted by atomic mass is 32.1.